The summed E-state index contributed by atoms with van der Waals surface area (Å²) in [5, 5.41) is 3.19. The van der Waals surface area contributed by atoms with Crippen molar-refractivity contribution in [1.82, 2.24) is 5.32 Å². The minimum absolute atomic E-state index is 0.285. The lowest BCUT2D eigenvalue weighted by molar-refractivity contribution is 0.0945. The summed E-state index contributed by atoms with van der Waals surface area (Å²) >= 11 is 0. The van der Waals surface area contributed by atoms with Crippen LogP contribution in [0.25, 0.3) is 0 Å². The molecule has 0 bridgehead atoms. The largest absolute Gasteiger partial charge is 0.316 e. The molecular weight excluding hydrogens is 186 g/mol. The van der Waals surface area contributed by atoms with Gasteiger partial charge in [0.25, 0.3) is 0 Å². The van der Waals surface area contributed by atoms with Crippen molar-refractivity contribution in [3.05, 3.63) is 34.9 Å². The van der Waals surface area contributed by atoms with E-state index in [0.29, 0.717) is 12.3 Å². The first kappa shape index (κ1) is 10.4. The fourth-order valence-electron chi connectivity index (χ4n) is 2.01. The summed E-state index contributed by atoms with van der Waals surface area (Å²) in [6.07, 6.45) is 0.690. The number of aryl methyl sites for hydroxylation is 2. The first-order chi connectivity index (χ1) is 7.15. The van der Waals surface area contributed by atoms with Crippen molar-refractivity contribution in [2.75, 3.05) is 13.1 Å². The van der Waals surface area contributed by atoms with Gasteiger partial charge in [-0.25, -0.2) is 0 Å². The lowest BCUT2D eigenvalue weighted by atomic mass is 9.92. The van der Waals surface area contributed by atoms with E-state index in [0.717, 1.165) is 18.7 Å². The molecule has 0 atom stereocenters. The number of hydrogen-bond donors (Lipinski definition) is 1. The minimum Gasteiger partial charge on any atom is -0.316 e. The lowest BCUT2D eigenvalue weighted by Crippen LogP contribution is -2.42. The molecule has 1 saturated heterocycles. The van der Waals surface area contributed by atoms with E-state index in [4.69, 9.17) is 0 Å². The molecule has 0 saturated carbocycles. The van der Waals surface area contributed by atoms with Gasteiger partial charge >= 0.3 is 0 Å². The van der Waals surface area contributed by atoms with Crippen LogP contribution in [0, 0.1) is 19.8 Å². The third-order valence-corrected chi connectivity index (χ3v) is 2.88. The lowest BCUT2D eigenvalue weighted by Gasteiger charge is -2.26. The van der Waals surface area contributed by atoms with Crippen molar-refractivity contribution >= 4 is 5.78 Å². The summed E-state index contributed by atoms with van der Waals surface area (Å²) in [6.45, 7) is 6.07. The van der Waals surface area contributed by atoms with Crippen molar-refractivity contribution in [3.63, 3.8) is 0 Å². The van der Waals surface area contributed by atoms with Gasteiger partial charge in [-0.05, 0) is 45.0 Å². The first-order valence-corrected chi connectivity index (χ1v) is 5.47. The monoisotopic (exact) mass is 203 g/mol. The van der Waals surface area contributed by atoms with E-state index in [1.54, 1.807) is 0 Å². The molecule has 2 nitrogen and oxygen atoms in total. The van der Waals surface area contributed by atoms with Crippen molar-refractivity contribution in [3.8, 4) is 0 Å². The summed E-state index contributed by atoms with van der Waals surface area (Å²) in [6, 6.07) is 6.07. The quantitative estimate of drug-likeness (QED) is 0.762. The Morgan fingerprint density at radius 1 is 1.27 bits per heavy atom. The Morgan fingerprint density at radius 2 is 1.87 bits per heavy atom. The number of carbonyl (C=O) groups excluding carboxylic acids is 1. The second-order valence-corrected chi connectivity index (χ2v) is 4.53. The molecule has 2 rings (SSSR count). The zero-order chi connectivity index (χ0) is 10.8. The van der Waals surface area contributed by atoms with Crippen LogP contribution >= 0.6 is 0 Å². The fourth-order valence-corrected chi connectivity index (χ4v) is 2.01. The molecule has 15 heavy (non-hydrogen) atoms. The van der Waals surface area contributed by atoms with E-state index < -0.39 is 0 Å². The maximum Gasteiger partial charge on any atom is 0.163 e. The molecule has 0 aromatic heterocycles. The first-order valence-electron chi connectivity index (χ1n) is 5.47. The third kappa shape index (κ3) is 2.45. The molecule has 2 heteroatoms. The number of carbonyl (C=O) groups is 1. The molecular formula is C13H17NO. The summed E-state index contributed by atoms with van der Waals surface area (Å²) in [5.74, 6) is 0.839. The molecule has 1 heterocycles. The van der Waals surface area contributed by atoms with Crippen molar-refractivity contribution in [1.29, 1.82) is 0 Å². The highest BCUT2D eigenvalue weighted by Crippen LogP contribution is 2.16. The molecule has 0 aliphatic carbocycles. The number of nitrogens with one attached hydrogen (secondary N) is 1. The molecule has 1 aliphatic rings. The molecule has 0 unspecified atom stereocenters. The minimum atomic E-state index is 0.285. The van der Waals surface area contributed by atoms with Gasteiger partial charge in [-0.3, -0.25) is 4.79 Å². The zero-order valence-electron chi connectivity index (χ0n) is 9.34. The smallest absolute Gasteiger partial charge is 0.163 e. The number of hydrogen-bond acceptors (Lipinski definition) is 2. The predicted molar refractivity (Wildman–Crippen MR) is 61.2 cm³/mol. The van der Waals surface area contributed by atoms with E-state index in [1.165, 1.54) is 11.1 Å². The molecule has 1 fully saturated rings. The highest BCUT2D eigenvalue weighted by Gasteiger charge is 2.20. The van der Waals surface area contributed by atoms with Crippen molar-refractivity contribution in [2.45, 2.75) is 20.3 Å². The van der Waals surface area contributed by atoms with Crippen LogP contribution in [0.15, 0.2) is 18.2 Å². The standard InChI is InChI=1S/C13H17NO/c1-9-3-10(2)5-12(4-9)13(15)6-11-7-14-8-11/h3-5,11,14H,6-8H2,1-2H3. The van der Waals surface area contributed by atoms with Gasteiger partial charge in [0.2, 0.25) is 0 Å². The SMILES string of the molecule is Cc1cc(C)cc(C(=O)CC2CNC2)c1. The van der Waals surface area contributed by atoms with Crippen LogP contribution in [0.2, 0.25) is 0 Å². The normalized spacial score (nSPS) is 16.1. The zero-order valence-corrected chi connectivity index (χ0v) is 9.34. The van der Waals surface area contributed by atoms with Gasteiger partial charge in [0, 0.05) is 12.0 Å². The van der Waals surface area contributed by atoms with Crippen LogP contribution in [-0.4, -0.2) is 18.9 Å². The summed E-state index contributed by atoms with van der Waals surface area (Å²) in [7, 11) is 0. The van der Waals surface area contributed by atoms with Gasteiger partial charge in [-0.15, -0.1) is 0 Å². The van der Waals surface area contributed by atoms with Gasteiger partial charge in [-0.2, -0.15) is 0 Å². The third-order valence-electron chi connectivity index (χ3n) is 2.88. The topological polar surface area (TPSA) is 29.1 Å². The second-order valence-electron chi connectivity index (χ2n) is 4.53. The van der Waals surface area contributed by atoms with E-state index in [9.17, 15) is 4.79 Å². The Bertz CT molecular complexity index is 360. The van der Waals surface area contributed by atoms with Gasteiger partial charge in [0.05, 0.1) is 0 Å². The molecule has 0 radical (unpaired) electrons. The molecule has 80 valence electrons. The van der Waals surface area contributed by atoms with Gasteiger partial charge in [-0.1, -0.05) is 17.2 Å². The van der Waals surface area contributed by atoms with Crippen LogP contribution in [0.3, 0.4) is 0 Å². The maximum absolute atomic E-state index is 11.9. The fraction of sp³-hybridized carbons (Fsp3) is 0.462. The average Bonchev–Trinajstić information content (AvgIpc) is 2.09. The second kappa shape index (κ2) is 4.15. The van der Waals surface area contributed by atoms with E-state index >= 15 is 0 Å². The number of Topliss-reactive ketones (excluding diaryl/α,β-unsaturated/α-hetero) is 1. The van der Waals surface area contributed by atoms with E-state index in [1.807, 2.05) is 26.0 Å². The van der Waals surface area contributed by atoms with E-state index in [2.05, 4.69) is 11.4 Å². The summed E-state index contributed by atoms with van der Waals surface area (Å²) in [5.41, 5.74) is 3.22. The van der Waals surface area contributed by atoms with Crippen molar-refractivity contribution < 1.29 is 4.79 Å². The van der Waals surface area contributed by atoms with Crippen LogP contribution in [0.4, 0.5) is 0 Å². The van der Waals surface area contributed by atoms with Crippen LogP contribution in [0.1, 0.15) is 27.9 Å². The Balaban J connectivity index is 2.10. The Labute approximate surface area is 90.7 Å². The molecule has 0 amide bonds. The Kier molecular flexibility index (Phi) is 2.87. The van der Waals surface area contributed by atoms with Crippen LogP contribution in [-0.2, 0) is 0 Å². The van der Waals surface area contributed by atoms with Crippen LogP contribution < -0.4 is 5.32 Å². The Hall–Kier alpha value is -1.15. The molecule has 1 N–H and O–H groups in total. The molecule has 1 aliphatic heterocycles. The number of ketones is 1. The molecule has 0 spiro atoms. The van der Waals surface area contributed by atoms with Crippen LogP contribution in [0.5, 0.6) is 0 Å². The average molecular weight is 203 g/mol. The van der Waals surface area contributed by atoms with E-state index in [-0.39, 0.29) is 5.78 Å². The highest BCUT2D eigenvalue weighted by molar-refractivity contribution is 5.96. The summed E-state index contributed by atoms with van der Waals surface area (Å²) in [4.78, 5) is 11.9. The van der Waals surface area contributed by atoms with Gasteiger partial charge < -0.3 is 5.32 Å². The maximum atomic E-state index is 11.9. The summed E-state index contributed by atoms with van der Waals surface area (Å²) < 4.78 is 0. The Morgan fingerprint density at radius 3 is 2.33 bits per heavy atom. The highest BCUT2D eigenvalue weighted by atomic mass is 16.1. The van der Waals surface area contributed by atoms with Gasteiger partial charge in [0.1, 0.15) is 0 Å². The number of benzene rings is 1. The predicted octanol–water partition coefficient (Wildman–Crippen LogP) is 2.10. The van der Waals surface area contributed by atoms with Gasteiger partial charge in [0.15, 0.2) is 5.78 Å². The molecule has 1 aromatic carbocycles. The van der Waals surface area contributed by atoms with Crippen molar-refractivity contribution in [2.24, 2.45) is 5.92 Å². The number of rotatable bonds is 3. The molecule has 1 aromatic rings.